The highest BCUT2D eigenvalue weighted by Gasteiger charge is 2.41. The summed E-state index contributed by atoms with van der Waals surface area (Å²) in [6.45, 7) is 0. The third kappa shape index (κ3) is 2.07. The molecule has 0 aliphatic carbocycles. The van der Waals surface area contributed by atoms with Crippen LogP contribution in [0.5, 0.6) is 0 Å². The van der Waals surface area contributed by atoms with Gasteiger partial charge in [-0.1, -0.05) is 0 Å². The van der Waals surface area contributed by atoms with Gasteiger partial charge in [-0.15, -0.1) is 0 Å². The highest BCUT2D eigenvalue weighted by atomic mass is 32.2. The number of aliphatic hydroxyl groups is 1. The smallest absolute Gasteiger partial charge is 0.303 e. The Hall–Kier alpha value is -0.790. The molecule has 0 aliphatic rings. The average Bonchev–Trinajstić information content (AvgIpc) is 1.86. The third-order valence-corrected chi connectivity index (χ3v) is 2.00. The molecule has 0 fully saturated rings. The van der Waals surface area contributed by atoms with Crippen molar-refractivity contribution in [1.29, 1.82) is 5.41 Å². The highest BCUT2D eigenvalue weighted by Crippen LogP contribution is 2.12. The maximum Gasteiger partial charge on any atom is 0.303 e. The summed E-state index contributed by atoms with van der Waals surface area (Å²) < 4.78 is 28.6. The van der Waals surface area contributed by atoms with Gasteiger partial charge in [0.1, 0.15) is 0 Å². The molecule has 0 amide bonds. The summed E-state index contributed by atoms with van der Waals surface area (Å²) in [5.74, 6) is 0. The first-order valence-corrected chi connectivity index (χ1v) is 3.79. The van der Waals surface area contributed by atoms with Gasteiger partial charge in [-0.05, 0) is 0 Å². The van der Waals surface area contributed by atoms with Gasteiger partial charge in [0.25, 0.3) is 11.2 Å². The fourth-order valence-corrected chi connectivity index (χ4v) is 0.660. The molecule has 0 aromatic carbocycles. The van der Waals surface area contributed by atoms with Crippen molar-refractivity contribution in [2.75, 3.05) is 0 Å². The lowest BCUT2D eigenvalue weighted by Gasteiger charge is -2.12. The Morgan fingerprint density at radius 2 is 2.00 bits per heavy atom. The van der Waals surface area contributed by atoms with Gasteiger partial charge in [-0.25, -0.2) is 0 Å². The van der Waals surface area contributed by atoms with E-state index in [-0.39, 0.29) is 0 Å². The van der Waals surface area contributed by atoms with Crippen molar-refractivity contribution in [2.24, 2.45) is 0 Å². The quantitative estimate of drug-likeness (QED) is 0.362. The largest absolute Gasteiger partial charge is 0.366 e. The molecule has 6 nitrogen and oxygen atoms in total. The Morgan fingerprint density at radius 3 is 2.09 bits per heavy atom. The van der Waals surface area contributed by atoms with Crippen LogP contribution in [-0.2, 0) is 14.9 Å². The summed E-state index contributed by atoms with van der Waals surface area (Å²) in [5.41, 5.74) is 0. The normalized spacial score (nSPS) is 16.9. The Kier molecular flexibility index (Phi) is 2.85. The van der Waals surface area contributed by atoms with Crippen LogP contribution in [-0.4, -0.2) is 35.5 Å². The molecule has 0 heterocycles. The molecule has 0 aromatic heterocycles. The van der Waals surface area contributed by atoms with Crippen molar-refractivity contribution >= 4 is 22.6 Å². The zero-order valence-electron chi connectivity index (χ0n) is 5.23. The second-order valence-corrected chi connectivity index (χ2v) is 3.34. The number of carbonyl (C=O) groups excluding carboxylic acids is 1. The second kappa shape index (κ2) is 3.07. The second-order valence-electron chi connectivity index (χ2n) is 1.72. The Bertz CT molecular complexity index is 258. The molecule has 3 N–H and O–H groups in total. The summed E-state index contributed by atoms with van der Waals surface area (Å²) in [4.78, 5) is 6.78. The van der Waals surface area contributed by atoms with E-state index in [1.807, 2.05) is 0 Å². The van der Waals surface area contributed by atoms with Crippen LogP contribution in [0.15, 0.2) is 0 Å². The maximum atomic E-state index is 10.2. The molecule has 0 aromatic rings. The number of hydrogen-bond acceptors (Lipinski definition) is 5. The Balaban J connectivity index is 4.90. The molecular weight excluding hydrogens is 174 g/mol. The zero-order chi connectivity index (χ0) is 9.12. The first-order valence-electron chi connectivity index (χ1n) is 2.35. The Morgan fingerprint density at radius 1 is 1.55 bits per heavy atom. The SMILES string of the molecule is N=[C]CC(O)([C]=O)S(=O)(=O)O. The molecule has 0 bridgehead atoms. The predicted molar refractivity (Wildman–Crippen MR) is 34.5 cm³/mol. The molecule has 11 heavy (non-hydrogen) atoms. The van der Waals surface area contributed by atoms with Crippen LogP contribution in [0, 0.1) is 5.41 Å². The molecule has 2 radical (unpaired) electrons. The molecule has 1 unspecified atom stereocenters. The lowest BCUT2D eigenvalue weighted by molar-refractivity contribution is 0.182. The predicted octanol–water partition coefficient (Wildman–Crippen LogP) is -1.41. The Labute approximate surface area is 63.1 Å². The molecular formula is C4H5NO5S. The summed E-state index contributed by atoms with van der Waals surface area (Å²) in [6, 6.07) is 0. The highest BCUT2D eigenvalue weighted by molar-refractivity contribution is 7.87. The van der Waals surface area contributed by atoms with E-state index in [0.29, 0.717) is 6.29 Å². The summed E-state index contributed by atoms with van der Waals surface area (Å²) in [7, 11) is -4.93. The molecule has 0 saturated heterocycles. The third-order valence-electron chi connectivity index (χ3n) is 0.914. The monoisotopic (exact) mass is 179 g/mol. The van der Waals surface area contributed by atoms with E-state index in [9.17, 15) is 13.2 Å². The van der Waals surface area contributed by atoms with Gasteiger partial charge in [-0.3, -0.25) is 9.35 Å². The van der Waals surface area contributed by atoms with E-state index in [0.717, 1.165) is 0 Å². The van der Waals surface area contributed by atoms with Crippen LogP contribution in [0.25, 0.3) is 0 Å². The summed E-state index contributed by atoms with van der Waals surface area (Å²) in [6.07, 6.45) is 1.23. The van der Waals surface area contributed by atoms with Gasteiger partial charge in [0, 0.05) is 6.42 Å². The molecule has 62 valence electrons. The van der Waals surface area contributed by atoms with Crippen molar-refractivity contribution in [3.05, 3.63) is 0 Å². The lowest BCUT2D eigenvalue weighted by Crippen LogP contribution is -2.40. The van der Waals surface area contributed by atoms with Crippen LogP contribution < -0.4 is 0 Å². The molecule has 0 spiro atoms. The lowest BCUT2D eigenvalue weighted by atomic mass is 10.3. The van der Waals surface area contributed by atoms with Crippen molar-refractivity contribution < 1.29 is 22.9 Å². The summed E-state index contributed by atoms with van der Waals surface area (Å²) in [5, 5.41) is 15.0. The van der Waals surface area contributed by atoms with Crippen LogP contribution in [0.1, 0.15) is 6.42 Å². The van der Waals surface area contributed by atoms with Gasteiger partial charge < -0.3 is 10.5 Å². The average molecular weight is 179 g/mol. The van der Waals surface area contributed by atoms with Crippen LogP contribution in [0.3, 0.4) is 0 Å². The zero-order valence-corrected chi connectivity index (χ0v) is 6.05. The van der Waals surface area contributed by atoms with Gasteiger partial charge in [-0.2, -0.15) is 8.42 Å². The number of rotatable bonds is 4. The van der Waals surface area contributed by atoms with Gasteiger partial charge in [0.2, 0.25) is 0 Å². The van der Waals surface area contributed by atoms with Crippen LogP contribution in [0.2, 0.25) is 0 Å². The molecule has 1 atom stereocenters. The van der Waals surface area contributed by atoms with Gasteiger partial charge in [0.15, 0.2) is 0 Å². The molecule has 0 rings (SSSR count). The van der Waals surface area contributed by atoms with Crippen LogP contribution in [0.4, 0.5) is 0 Å². The molecule has 0 aliphatic heterocycles. The van der Waals surface area contributed by atoms with E-state index in [1.165, 1.54) is 6.21 Å². The van der Waals surface area contributed by atoms with E-state index < -0.39 is 21.5 Å². The minimum absolute atomic E-state index is 0.704. The number of nitrogens with one attached hydrogen (secondary N) is 1. The van der Waals surface area contributed by atoms with Crippen molar-refractivity contribution in [3.8, 4) is 0 Å². The van der Waals surface area contributed by atoms with E-state index in [1.54, 1.807) is 0 Å². The topological polar surface area (TPSA) is 116 Å². The van der Waals surface area contributed by atoms with E-state index in [2.05, 4.69) is 0 Å². The maximum absolute atomic E-state index is 10.2. The fourth-order valence-electron chi connectivity index (χ4n) is 0.300. The van der Waals surface area contributed by atoms with E-state index >= 15 is 0 Å². The van der Waals surface area contributed by atoms with Crippen molar-refractivity contribution in [1.82, 2.24) is 0 Å². The van der Waals surface area contributed by atoms with E-state index in [4.69, 9.17) is 15.1 Å². The first-order chi connectivity index (χ1) is 4.87. The first kappa shape index (κ1) is 10.2. The minimum atomic E-state index is -4.93. The summed E-state index contributed by atoms with van der Waals surface area (Å²) >= 11 is 0. The van der Waals surface area contributed by atoms with Gasteiger partial charge >= 0.3 is 10.1 Å². The molecule has 0 saturated carbocycles. The van der Waals surface area contributed by atoms with Crippen LogP contribution >= 0.6 is 0 Å². The van der Waals surface area contributed by atoms with Gasteiger partial charge in [0.05, 0.1) is 6.21 Å². The standard InChI is InChI=1S/C4H5NO5S/c5-2-1-4(7,3-6)11(8,9)10/h5,7H,1H2,(H,8,9,10). The molecule has 7 heteroatoms. The number of hydrogen-bond donors (Lipinski definition) is 3. The minimum Gasteiger partial charge on any atom is -0.366 e. The van der Waals surface area contributed by atoms with Crippen molar-refractivity contribution in [2.45, 2.75) is 11.4 Å². The van der Waals surface area contributed by atoms with Crippen molar-refractivity contribution in [3.63, 3.8) is 0 Å². The fraction of sp³-hybridized carbons (Fsp3) is 0.500.